The normalized spacial score (nSPS) is 11.6. The van der Waals surface area contributed by atoms with Crippen LogP contribution in [0.2, 0.25) is 5.02 Å². The second-order valence-electron chi connectivity index (χ2n) is 4.50. The Hall–Kier alpha value is -2.47. The van der Waals surface area contributed by atoms with Crippen molar-refractivity contribution in [1.82, 2.24) is 4.98 Å². The van der Waals surface area contributed by atoms with E-state index in [1.54, 1.807) is 31.4 Å². The van der Waals surface area contributed by atoms with E-state index in [1.807, 2.05) is 0 Å². The zero-order valence-electron chi connectivity index (χ0n) is 12.1. The highest BCUT2D eigenvalue weighted by Gasteiger charge is 2.20. The predicted molar refractivity (Wildman–Crippen MR) is 82.3 cm³/mol. The Bertz CT molecular complexity index is 666. The monoisotopic (exact) mass is 322 g/mol. The number of carbonyl (C=O) groups excluding carboxylic acids is 2. The second kappa shape index (κ2) is 7.00. The van der Waals surface area contributed by atoms with Gasteiger partial charge in [0.15, 0.2) is 6.10 Å². The molecule has 22 heavy (non-hydrogen) atoms. The molecule has 2 aromatic rings. The quantitative estimate of drug-likeness (QED) is 0.829. The number of methoxy groups -OCH3 is 1. The van der Waals surface area contributed by atoms with E-state index < -0.39 is 18.0 Å². The van der Waals surface area contributed by atoms with Crippen molar-refractivity contribution in [3.8, 4) is 5.75 Å². The first-order chi connectivity index (χ1) is 10.5. The van der Waals surface area contributed by atoms with Gasteiger partial charge in [-0.2, -0.15) is 0 Å². The van der Waals surface area contributed by atoms with Crippen LogP contribution in [0.5, 0.6) is 5.75 Å². The predicted octanol–water partition coefficient (Wildman–Crippen LogP) is 2.86. The van der Waals surface area contributed by atoms with Gasteiger partial charge in [-0.15, -0.1) is 0 Å². The minimum Gasteiger partial charge on any atom is -0.497 e. The number of rotatable bonds is 5. The van der Waals surface area contributed by atoms with Crippen LogP contribution in [0.3, 0.4) is 0 Å². The van der Waals surface area contributed by atoms with E-state index in [1.165, 1.54) is 19.2 Å². The number of hydrogen-bond donors (Lipinski definition) is 2. The molecule has 0 spiro atoms. The molecule has 0 saturated carbocycles. The lowest BCUT2D eigenvalue weighted by molar-refractivity contribution is -0.123. The van der Waals surface area contributed by atoms with Gasteiger partial charge in [0.25, 0.3) is 5.91 Å². The van der Waals surface area contributed by atoms with Crippen molar-refractivity contribution in [2.45, 2.75) is 13.0 Å². The number of esters is 1. The molecule has 0 saturated heterocycles. The van der Waals surface area contributed by atoms with Gasteiger partial charge in [-0.25, -0.2) is 4.79 Å². The summed E-state index contributed by atoms with van der Waals surface area (Å²) in [4.78, 5) is 26.4. The highest BCUT2D eigenvalue weighted by molar-refractivity contribution is 6.30. The molecule has 0 bridgehead atoms. The summed E-state index contributed by atoms with van der Waals surface area (Å²) < 4.78 is 10.1. The molecule has 0 aliphatic carbocycles. The summed E-state index contributed by atoms with van der Waals surface area (Å²) in [6, 6.07) is 8.24. The minimum absolute atomic E-state index is 0.189. The molecule has 1 atom stereocenters. The Balaban J connectivity index is 1.92. The summed E-state index contributed by atoms with van der Waals surface area (Å²) in [5.41, 5.74) is 0.769. The Morgan fingerprint density at radius 1 is 1.27 bits per heavy atom. The topological polar surface area (TPSA) is 80.4 Å². The minimum atomic E-state index is -0.948. The maximum atomic E-state index is 12.0. The van der Waals surface area contributed by atoms with E-state index in [0.29, 0.717) is 16.5 Å². The summed E-state index contributed by atoms with van der Waals surface area (Å²) >= 11 is 5.71. The molecule has 0 fully saturated rings. The summed E-state index contributed by atoms with van der Waals surface area (Å²) in [5, 5.41) is 3.04. The first-order valence-electron chi connectivity index (χ1n) is 6.49. The van der Waals surface area contributed by atoms with Gasteiger partial charge in [0.2, 0.25) is 0 Å². The summed E-state index contributed by atoms with van der Waals surface area (Å²) in [6.07, 6.45) is 0.511. The Kier molecular flexibility index (Phi) is 5.06. The zero-order chi connectivity index (χ0) is 16.1. The van der Waals surface area contributed by atoms with Crippen molar-refractivity contribution in [2.75, 3.05) is 12.4 Å². The summed E-state index contributed by atoms with van der Waals surface area (Å²) in [7, 11) is 1.56. The largest absolute Gasteiger partial charge is 0.497 e. The average molecular weight is 323 g/mol. The van der Waals surface area contributed by atoms with Crippen LogP contribution >= 0.6 is 11.6 Å². The smallest absolute Gasteiger partial charge is 0.355 e. The third kappa shape index (κ3) is 4.02. The number of aromatic amines is 1. The third-order valence-electron chi connectivity index (χ3n) is 2.88. The van der Waals surface area contributed by atoms with Gasteiger partial charge in [-0.1, -0.05) is 11.6 Å². The molecule has 1 unspecified atom stereocenters. The number of halogens is 1. The number of nitrogens with one attached hydrogen (secondary N) is 2. The van der Waals surface area contributed by atoms with Crippen molar-refractivity contribution < 1.29 is 19.1 Å². The number of anilines is 1. The van der Waals surface area contributed by atoms with E-state index in [-0.39, 0.29) is 5.69 Å². The number of hydrogen-bond acceptors (Lipinski definition) is 4. The standard InChI is InChI=1S/C15H15ClN2O4/c1-9(22-15(20)13-7-10(16)8-17-13)14(19)18-11-3-5-12(21-2)6-4-11/h3-9,17H,1-2H3,(H,18,19). The highest BCUT2D eigenvalue weighted by atomic mass is 35.5. The lowest BCUT2D eigenvalue weighted by Crippen LogP contribution is -2.30. The molecular weight excluding hydrogens is 308 g/mol. The molecule has 1 amide bonds. The second-order valence-corrected chi connectivity index (χ2v) is 4.93. The molecule has 0 radical (unpaired) electrons. The number of aromatic nitrogens is 1. The molecule has 0 aliphatic heterocycles. The van der Waals surface area contributed by atoms with E-state index in [4.69, 9.17) is 21.1 Å². The Morgan fingerprint density at radius 2 is 1.95 bits per heavy atom. The lowest BCUT2D eigenvalue weighted by atomic mass is 10.3. The maximum absolute atomic E-state index is 12.0. The fraction of sp³-hybridized carbons (Fsp3) is 0.200. The molecule has 7 heteroatoms. The molecule has 1 aromatic heterocycles. The number of ether oxygens (including phenoxy) is 2. The van der Waals surface area contributed by atoms with Gasteiger partial charge in [0.1, 0.15) is 11.4 Å². The van der Waals surface area contributed by atoms with Crippen molar-refractivity contribution in [3.63, 3.8) is 0 Å². The van der Waals surface area contributed by atoms with Gasteiger partial charge >= 0.3 is 5.97 Å². The first-order valence-corrected chi connectivity index (χ1v) is 6.87. The average Bonchev–Trinajstić information content (AvgIpc) is 2.94. The van der Waals surface area contributed by atoms with Crippen LogP contribution < -0.4 is 10.1 Å². The molecule has 2 rings (SSSR count). The van der Waals surface area contributed by atoms with E-state index in [9.17, 15) is 9.59 Å². The number of carbonyl (C=O) groups is 2. The van der Waals surface area contributed by atoms with Gasteiger partial charge in [0.05, 0.1) is 12.1 Å². The molecule has 0 aliphatic rings. The fourth-order valence-electron chi connectivity index (χ4n) is 1.68. The number of amides is 1. The molecule has 116 valence electrons. The highest BCUT2D eigenvalue weighted by Crippen LogP contribution is 2.16. The van der Waals surface area contributed by atoms with Crippen LogP contribution in [0.25, 0.3) is 0 Å². The van der Waals surface area contributed by atoms with Crippen LogP contribution in [0.4, 0.5) is 5.69 Å². The number of H-pyrrole nitrogens is 1. The zero-order valence-corrected chi connectivity index (χ0v) is 12.8. The van der Waals surface area contributed by atoms with Gasteiger partial charge < -0.3 is 19.8 Å². The van der Waals surface area contributed by atoms with Crippen molar-refractivity contribution in [1.29, 1.82) is 0 Å². The molecule has 1 aromatic carbocycles. The first kappa shape index (κ1) is 15.9. The van der Waals surface area contributed by atoms with Gasteiger partial charge in [-0.3, -0.25) is 4.79 Å². The van der Waals surface area contributed by atoms with Crippen LogP contribution in [0.1, 0.15) is 17.4 Å². The van der Waals surface area contributed by atoms with Crippen LogP contribution in [-0.4, -0.2) is 30.1 Å². The Labute approximate surface area is 132 Å². The lowest BCUT2D eigenvalue weighted by Gasteiger charge is -2.13. The van der Waals surface area contributed by atoms with E-state index in [0.717, 1.165) is 0 Å². The molecule has 6 nitrogen and oxygen atoms in total. The fourth-order valence-corrected chi connectivity index (χ4v) is 1.85. The van der Waals surface area contributed by atoms with Gasteiger partial charge in [0, 0.05) is 11.9 Å². The molecular formula is C15H15ClN2O4. The third-order valence-corrected chi connectivity index (χ3v) is 3.10. The van der Waals surface area contributed by atoms with Crippen molar-refractivity contribution in [3.05, 3.63) is 47.2 Å². The van der Waals surface area contributed by atoms with Crippen molar-refractivity contribution in [2.24, 2.45) is 0 Å². The molecule has 1 heterocycles. The summed E-state index contributed by atoms with van der Waals surface area (Å²) in [6.45, 7) is 1.49. The number of benzene rings is 1. The Morgan fingerprint density at radius 3 is 2.50 bits per heavy atom. The van der Waals surface area contributed by atoms with E-state index in [2.05, 4.69) is 10.3 Å². The SMILES string of the molecule is COc1ccc(NC(=O)C(C)OC(=O)c2cc(Cl)c[nH]2)cc1. The maximum Gasteiger partial charge on any atom is 0.355 e. The van der Waals surface area contributed by atoms with Crippen LogP contribution in [-0.2, 0) is 9.53 Å². The van der Waals surface area contributed by atoms with Crippen LogP contribution in [0.15, 0.2) is 36.5 Å². The molecule has 2 N–H and O–H groups in total. The summed E-state index contributed by atoms with van der Waals surface area (Å²) in [5.74, 6) is -0.401. The van der Waals surface area contributed by atoms with Gasteiger partial charge in [-0.05, 0) is 37.3 Å². The van der Waals surface area contributed by atoms with Crippen molar-refractivity contribution >= 4 is 29.2 Å². The van der Waals surface area contributed by atoms with Crippen LogP contribution in [0, 0.1) is 0 Å². The van der Waals surface area contributed by atoms with E-state index >= 15 is 0 Å².